The van der Waals surface area contributed by atoms with E-state index in [1.54, 1.807) is 12.4 Å². The van der Waals surface area contributed by atoms with Crippen molar-refractivity contribution in [2.75, 3.05) is 11.9 Å². The standard InChI is InChI=1S/C12H18IN3O/c1-9-2-4-12(17,5-3-9)8-16-11-14-6-10(13)7-15-11/h6-7,9,17H,2-5,8H2,1H3,(H,14,15,16). The molecule has 0 aliphatic heterocycles. The van der Waals surface area contributed by atoms with Crippen molar-refractivity contribution in [1.29, 1.82) is 0 Å². The molecule has 0 amide bonds. The van der Waals surface area contributed by atoms with E-state index in [4.69, 9.17) is 0 Å². The van der Waals surface area contributed by atoms with E-state index in [9.17, 15) is 5.11 Å². The van der Waals surface area contributed by atoms with Crippen LogP contribution >= 0.6 is 22.6 Å². The first-order chi connectivity index (χ1) is 8.07. The number of halogens is 1. The van der Waals surface area contributed by atoms with Gasteiger partial charge < -0.3 is 10.4 Å². The second-order valence-corrected chi connectivity index (χ2v) is 6.23. The Morgan fingerprint density at radius 3 is 2.59 bits per heavy atom. The molecule has 1 aromatic heterocycles. The Labute approximate surface area is 115 Å². The molecule has 0 unspecified atom stereocenters. The minimum absolute atomic E-state index is 0.542. The highest BCUT2D eigenvalue weighted by atomic mass is 127. The first-order valence-corrected chi connectivity index (χ1v) is 7.09. The summed E-state index contributed by atoms with van der Waals surface area (Å²) >= 11 is 2.17. The van der Waals surface area contributed by atoms with Gasteiger partial charge in [-0.15, -0.1) is 0 Å². The number of nitrogens with one attached hydrogen (secondary N) is 1. The molecule has 0 radical (unpaired) electrons. The summed E-state index contributed by atoms with van der Waals surface area (Å²) in [6, 6.07) is 0. The lowest BCUT2D eigenvalue weighted by Gasteiger charge is -2.34. The summed E-state index contributed by atoms with van der Waals surface area (Å²) in [4.78, 5) is 8.34. The lowest BCUT2D eigenvalue weighted by Crippen LogP contribution is -2.40. The molecule has 94 valence electrons. The van der Waals surface area contributed by atoms with Gasteiger partial charge in [-0.2, -0.15) is 0 Å². The number of rotatable bonds is 3. The monoisotopic (exact) mass is 347 g/mol. The van der Waals surface area contributed by atoms with Crippen LogP contribution in [0.5, 0.6) is 0 Å². The first kappa shape index (κ1) is 13.0. The zero-order chi connectivity index (χ0) is 12.3. The molecule has 0 saturated heterocycles. The van der Waals surface area contributed by atoms with Gasteiger partial charge in [0.15, 0.2) is 0 Å². The van der Waals surface area contributed by atoms with Crippen molar-refractivity contribution in [2.24, 2.45) is 5.92 Å². The summed E-state index contributed by atoms with van der Waals surface area (Å²) in [5.74, 6) is 1.34. The van der Waals surface area contributed by atoms with Crippen LogP contribution in [0.2, 0.25) is 0 Å². The van der Waals surface area contributed by atoms with Gasteiger partial charge in [0.2, 0.25) is 5.95 Å². The molecule has 1 aliphatic carbocycles. The van der Waals surface area contributed by atoms with E-state index < -0.39 is 5.60 Å². The van der Waals surface area contributed by atoms with Crippen molar-refractivity contribution in [3.63, 3.8) is 0 Å². The Bertz CT molecular complexity index is 361. The topological polar surface area (TPSA) is 58.0 Å². The van der Waals surface area contributed by atoms with Gasteiger partial charge in [-0.1, -0.05) is 6.92 Å². The van der Waals surface area contributed by atoms with Crippen molar-refractivity contribution >= 4 is 28.5 Å². The van der Waals surface area contributed by atoms with Crippen LogP contribution in [0.25, 0.3) is 0 Å². The molecule has 2 rings (SSSR count). The van der Waals surface area contributed by atoms with E-state index in [1.807, 2.05) is 0 Å². The van der Waals surface area contributed by atoms with Crippen molar-refractivity contribution in [3.8, 4) is 0 Å². The molecule has 1 heterocycles. The Kier molecular flexibility index (Phi) is 4.19. The smallest absolute Gasteiger partial charge is 0.222 e. The molecule has 1 aromatic rings. The summed E-state index contributed by atoms with van der Waals surface area (Å²) in [6.45, 7) is 2.79. The molecular weight excluding hydrogens is 329 g/mol. The van der Waals surface area contributed by atoms with E-state index in [0.29, 0.717) is 12.5 Å². The largest absolute Gasteiger partial charge is 0.388 e. The zero-order valence-corrected chi connectivity index (χ0v) is 12.1. The fourth-order valence-electron chi connectivity index (χ4n) is 2.12. The molecule has 4 nitrogen and oxygen atoms in total. The molecule has 2 N–H and O–H groups in total. The fraction of sp³-hybridized carbons (Fsp3) is 0.667. The SMILES string of the molecule is CC1CCC(O)(CNc2ncc(I)cn2)CC1. The number of hydrogen-bond acceptors (Lipinski definition) is 4. The lowest BCUT2D eigenvalue weighted by molar-refractivity contribution is 0.00487. The summed E-state index contributed by atoms with van der Waals surface area (Å²) in [6.07, 6.45) is 7.47. The molecule has 0 atom stereocenters. The normalized spacial score (nSPS) is 29.0. The minimum atomic E-state index is -0.584. The van der Waals surface area contributed by atoms with E-state index in [-0.39, 0.29) is 0 Å². The van der Waals surface area contributed by atoms with Gasteiger partial charge in [-0.25, -0.2) is 9.97 Å². The Morgan fingerprint density at radius 2 is 2.00 bits per heavy atom. The predicted molar refractivity (Wildman–Crippen MR) is 75.8 cm³/mol. The molecule has 17 heavy (non-hydrogen) atoms. The summed E-state index contributed by atoms with van der Waals surface area (Å²) in [5.41, 5.74) is -0.584. The molecule has 0 bridgehead atoms. The molecule has 1 fully saturated rings. The van der Waals surface area contributed by atoms with E-state index in [2.05, 4.69) is 44.8 Å². The number of nitrogens with zero attached hydrogens (tertiary/aromatic N) is 2. The maximum atomic E-state index is 10.4. The average Bonchev–Trinajstić information content (AvgIpc) is 2.33. The van der Waals surface area contributed by atoms with Crippen LogP contribution < -0.4 is 5.32 Å². The van der Waals surface area contributed by atoms with Gasteiger partial charge in [0.05, 0.1) is 5.60 Å². The maximum absolute atomic E-state index is 10.4. The average molecular weight is 347 g/mol. The van der Waals surface area contributed by atoms with E-state index >= 15 is 0 Å². The van der Waals surface area contributed by atoms with Gasteiger partial charge in [0, 0.05) is 22.5 Å². The second kappa shape index (κ2) is 5.48. The molecular formula is C12H18IN3O. The number of aliphatic hydroxyl groups is 1. The van der Waals surface area contributed by atoms with E-state index in [1.165, 1.54) is 0 Å². The van der Waals surface area contributed by atoms with Gasteiger partial charge in [-0.3, -0.25) is 0 Å². The Balaban J connectivity index is 1.87. The van der Waals surface area contributed by atoms with Crippen LogP contribution in [0.3, 0.4) is 0 Å². The number of anilines is 1. The van der Waals surface area contributed by atoms with Crippen LogP contribution in [-0.4, -0.2) is 27.2 Å². The highest BCUT2D eigenvalue weighted by Gasteiger charge is 2.31. The van der Waals surface area contributed by atoms with Gasteiger partial charge in [0.1, 0.15) is 0 Å². The summed E-state index contributed by atoms with van der Waals surface area (Å²) in [5, 5.41) is 13.5. The third kappa shape index (κ3) is 3.77. The predicted octanol–water partition coefficient (Wildman–Crippen LogP) is 2.43. The quantitative estimate of drug-likeness (QED) is 0.825. The van der Waals surface area contributed by atoms with Crippen molar-refractivity contribution in [2.45, 2.75) is 38.2 Å². The maximum Gasteiger partial charge on any atom is 0.222 e. The molecule has 5 heteroatoms. The Morgan fingerprint density at radius 1 is 1.41 bits per heavy atom. The minimum Gasteiger partial charge on any atom is -0.388 e. The van der Waals surface area contributed by atoms with Crippen molar-refractivity contribution < 1.29 is 5.11 Å². The first-order valence-electron chi connectivity index (χ1n) is 6.01. The van der Waals surface area contributed by atoms with Crippen molar-refractivity contribution in [1.82, 2.24) is 9.97 Å². The molecule has 1 aliphatic rings. The fourth-order valence-corrected chi connectivity index (χ4v) is 2.40. The van der Waals surface area contributed by atoms with Crippen LogP contribution in [0, 0.1) is 9.49 Å². The number of hydrogen-bond donors (Lipinski definition) is 2. The van der Waals surface area contributed by atoms with Crippen molar-refractivity contribution in [3.05, 3.63) is 16.0 Å². The zero-order valence-electron chi connectivity index (χ0n) is 9.99. The second-order valence-electron chi connectivity index (χ2n) is 4.99. The molecule has 0 spiro atoms. The highest BCUT2D eigenvalue weighted by Crippen LogP contribution is 2.31. The highest BCUT2D eigenvalue weighted by molar-refractivity contribution is 14.1. The van der Waals surface area contributed by atoms with Crippen LogP contribution in [0.15, 0.2) is 12.4 Å². The van der Waals surface area contributed by atoms with Crippen LogP contribution in [0.4, 0.5) is 5.95 Å². The third-order valence-corrected chi connectivity index (χ3v) is 3.96. The molecule has 1 saturated carbocycles. The molecule has 0 aromatic carbocycles. The third-order valence-electron chi connectivity index (χ3n) is 3.40. The van der Waals surface area contributed by atoms with Gasteiger partial charge >= 0.3 is 0 Å². The van der Waals surface area contributed by atoms with Crippen LogP contribution in [-0.2, 0) is 0 Å². The van der Waals surface area contributed by atoms with Gasteiger partial charge in [0.25, 0.3) is 0 Å². The Hall–Kier alpha value is -0.430. The van der Waals surface area contributed by atoms with Gasteiger partial charge in [-0.05, 0) is 54.2 Å². The lowest BCUT2D eigenvalue weighted by atomic mass is 9.79. The number of aromatic nitrogens is 2. The summed E-state index contributed by atoms with van der Waals surface area (Å²) in [7, 11) is 0. The van der Waals surface area contributed by atoms with E-state index in [0.717, 1.165) is 35.2 Å². The van der Waals surface area contributed by atoms with Crippen LogP contribution in [0.1, 0.15) is 32.6 Å². The summed E-state index contributed by atoms with van der Waals surface area (Å²) < 4.78 is 1.01.